The van der Waals surface area contributed by atoms with Crippen LogP contribution in [0, 0.1) is 0 Å². The molecule has 0 unspecified atom stereocenters. The molecular weight excluding hydrogens is 516 g/mol. The molecule has 2 heterocycles. The molecule has 0 bridgehead atoms. The van der Waals surface area contributed by atoms with Crippen LogP contribution >= 0.6 is 10.3 Å². The fraction of sp³-hybridized carbons (Fsp3) is 0.267. The molecule has 0 fully saturated rings. The highest BCUT2D eigenvalue weighted by molar-refractivity contribution is 8.32. The quantitative estimate of drug-likeness (QED) is 0.174. The molecule has 0 radical (unpaired) electrons. The lowest BCUT2D eigenvalue weighted by Crippen LogP contribution is -2.23. The van der Waals surface area contributed by atoms with E-state index in [1.54, 1.807) is 49.1 Å². The standard InChI is InChI=1S/C30H34N2O4S2/c1-29(2,3)23-11-15-26(16-12-23)38(33,34)36-37(27-9-7-19-31-21-27,28-10-8-20-32-22-28)25-17-13-24(14-18-25)35-30(4,5)6/h7-22H,1-6H3/p+1. The average Bonchev–Trinajstić information content (AvgIpc) is 2.87. The second-order valence-electron chi connectivity index (χ2n) is 11.0. The van der Waals surface area contributed by atoms with E-state index in [1.807, 2.05) is 69.3 Å². The summed E-state index contributed by atoms with van der Waals surface area (Å²) in [6.07, 6.45) is 6.70. The molecule has 0 aliphatic rings. The fourth-order valence-corrected chi connectivity index (χ4v) is 9.32. The Labute approximate surface area is 227 Å². The van der Waals surface area contributed by atoms with Crippen LogP contribution in [0.1, 0.15) is 47.1 Å². The minimum absolute atomic E-state index is 0.100. The summed E-state index contributed by atoms with van der Waals surface area (Å²) in [5, 5.41) is 0. The topological polar surface area (TPSA) is 82.0 Å². The zero-order valence-corrected chi connectivity index (χ0v) is 24.3. The first-order valence-electron chi connectivity index (χ1n) is 12.3. The van der Waals surface area contributed by atoms with Gasteiger partial charge in [0.05, 0.1) is 25.0 Å². The van der Waals surface area contributed by atoms with Crippen molar-refractivity contribution in [3.63, 3.8) is 0 Å². The third kappa shape index (κ3) is 6.09. The van der Waals surface area contributed by atoms with Crippen molar-refractivity contribution in [1.82, 2.24) is 9.97 Å². The minimum Gasteiger partial charge on any atom is -0.488 e. The van der Waals surface area contributed by atoms with Crippen molar-refractivity contribution in [2.45, 2.75) is 72.1 Å². The SMILES string of the molecule is CC(C)(C)Oc1ccc(S([OH+]S(=O)(=O)c2ccc(C(C)(C)C)cc2)(c2cccnc2)c2cccnc2)cc1. The Hall–Kier alpha value is -3.20. The van der Waals surface area contributed by atoms with Gasteiger partial charge in [-0.3, -0.25) is 13.6 Å². The summed E-state index contributed by atoms with van der Waals surface area (Å²) in [5.74, 6) is 0.688. The van der Waals surface area contributed by atoms with Crippen LogP contribution in [-0.2, 0) is 15.5 Å². The predicted molar refractivity (Wildman–Crippen MR) is 153 cm³/mol. The van der Waals surface area contributed by atoms with E-state index in [4.69, 9.17) is 8.37 Å². The maximum absolute atomic E-state index is 14.0. The highest BCUT2D eigenvalue weighted by Gasteiger charge is 2.44. The first-order valence-corrected chi connectivity index (χ1v) is 15.4. The van der Waals surface area contributed by atoms with Crippen LogP contribution in [0.5, 0.6) is 5.75 Å². The smallest absolute Gasteiger partial charge is 0.422 e. The second kappa shape index (κ2) is 10.5. The van der Waals surface area contributed by atoms with Gasteiger partial charge in [-0.15, -0.1) is 8.42 Å². The normalized spacial score (nSPS) is 13.2. The molecule has 0 spiro atoms. The molecule has 2 aromatic heterocycles. The number of nitrogens with zero attached hydrogens (tertiary/aromatic N) is 2. The summed E-state index contributed by atoms with van der Waals surface area (Å²) in [6.45, 7) is 12.2. The summed E-state index contributed by atoms with van der Waals surface area (Å²) >= 11 is 0. The van der Waals surface area contributed by atoms with E-state index in [0.29, 0.717) is 15.5 Å². The molecule has 0 saturated carbocycles. The minimum atomic E-state index is -4.09. The monoisotopic (exact) mass is 551 g/mol. The maximum Gasteiger partial charge on any atom is 0.422 e. The van der Waals surface area contributed by atoms with E-state index in [1.165, 1.54) is 0 Å². The van der Waals surface area contributed by atoms with Crippen LogP contribution < -0.4 is 4.74 Å². The summed E-state index contributed by atoms with van der Waals surface area (Å²) in [6, 6.07) is 21.8. The van der Waals surface area contributed by atoms with Crippen molar-refractivity contribution in [3.8, 4) is 5.75 Å². The number of benzene rings is 2. The van der Waals surface area contributed by atoms with Crippen molar-refractivity contribution < 1.29 is 16.8 Å². The van der Waals surface area contributed by atoms with E-state index >= 15 is 0 Å². The van der Waals surface area contributed by atoms with Crippen LogP contribution in [-0.4, -0.2) is 27.6 Å². The van der Waals surface area contributed by atoms with Gasteiger partial charge in [0.1, 0.15) is 16.2 Å². The number of ether oxygens (including phenoxy) is 1. The van der Waals surface area contributed by atoms with Crippen LogP contribution in [0.2, 0.25) is 0 Å². The Kier molecular flexibility index (Phi) is 7.70. The predicted octanol–water partition coefficient (Wildman–Crippen LogP) is 7.63. The zero-order valence-electron chi connectivity index (χ0n) is 22.6. The molecule has 4 rings (SSSR count). The Bertz CT molecular complexity index is 1420. The summed E-state index contributed by atoms with van der Waals surface area (Å²) in [5.41, 5.74) is 0.575. The fourth-order valence-electron chi connectivity index (χ4n) is 3.96. The first kappa shape index (κ1) is 27.8. The molecule has 0 aliphatic carbocycles. The van der Waals surface area contributed by atoms with E-state index in [2.05, 4.69) is 30.7 Å². The number of hydrogen-bond donors (Lipinski definition) is 0. The van der Waals surface area contributed by atoms with Gasteiger partial charge in [-0.05, 0) is 92.4 Å². The molecule has 6 nitrogen and oxygen atoms in total. The lowest BCUT2D eigenvalue weighted by atomic mass is 9.87. The van der Waals surface area contributed by atoms with Crippen molar-refractivity contribution in [2.75, 3.05) is 0 Å². The van der Waals surface area contributed by atoms with E-state index in [-0.39, 0.29) is 15.9 Å². The van der Waals surface area contributed by atoms with Crippen molar-refractivity contribution >= 4 is 20.4 Å². The van der Waals surface area contributed by atoms with Gasteiger partial charge in [-0.2, -0.15) is 0 Å². The number of hydrogen-bond acceptors (Lipinski definition) is 5. The van der Waals surface area contributed by atoms with Crippen LogP contribution in [0.3, 0.4) is 0 Å². The van der Waals surface area contributed by atoms with Crippen molar-refractivity contribution in [2.24, 2.45) is 0 Å². The van der Waals surface area contributed by atoms with Gasteiger partial charge in [0.25, 0.3) is 0 Å². The lowest BCUT2D eigenvalue weighted by molar-refractivity contribution is 0.131. The first-order chi connectivity index (χ1) is 17.8. The number of pyridine rings is 2. The molecule has 0 amide bonds. The van der Waals surface area contributed by atoms with Crippen LogP contribution in [0.15, 0.2) is 117 Å². The molecule has 2 aromatic carbocycles. The molecule has 4 aromatic rings. The summed E-state index contributed by atoms with van der Waals surface area (Å²) in [4.78, 5) is 10.9. The molecule has 0 saturated heterocycles. The van der Waals surface area contributed by atoms with Crippen LogP contribution in [0.4, 0.5) is 0 Å². The highest BCUT2D eigenvalue weighted by Crippen LogP contribution is 2.68. The highest BCUT2D eigenvalue weighted by atomic mass is 32.3. The van der Waals surface area contributed by atoms with Gasteiger partial charge in [0.15, 0.2) is 0 Å². The number of aromatic nitrogens is 2. The third-order valence-electron chi connectivity index (χ3n) is 5.77. The summed E-state index contributed by atoms with van der Waals surface area (Å²) < 4.78 is 38.7. The molecule has 8 heteroatoms. The lowest BCUT2D eigenvalue weighted by Gasteiger charge is -2.34. The maximum atomic E-state index is 14.0. The average molecular weight is 552 g/mol. The summed E-state index contributed by atoms with van der Waals surface area (Å²) in [7, 11) is -6.77. The second-order valence-corrected chi connectivity index (χ2v) is 15.6. The Morgan fingerprint density at radius 3 is 1.58 bits per heavy atom. The molecule has 200 valence electrons. The molecule has 0 aliphatic heterocycles. The Morgan fingerprint density at radius 2 is 1.16 bits per heavy atom. The third-order valence-corrected chi connectivity index (χ3v) is 11.1. The van der Waals surface area contributed by atoms with Gasteiger partial charge in [0, 0.05) is 24.8 Å². The van der Waals surface area contributed by atoms with Gasteiger partial charge in [-0.1, -0.05) is 32.9 Å². The largest absolute Gasteiger partial charge is 0.488 e. The molecular formula is C30H35N2O4S2+. The van der Waals surface area contributed by atoms with Crippen molar-refractivity contribution in [1.29, 1.82) is 0 Å². The van der Waals surface area contributed by atoms with Crippen molar-refractivity contribution in [3.05, 3.63) is 103 Å². The number of rotatable bonds is 7. The zero-order chi connectivity index (χ0) is 27.6. The Morgan fingerprint density at radius 1 is 0.658 bits per heavy atom. The van der Waals surface area contributed by atoms with E-state index in [0.717, 1.165) is 10.5 Å². The van der Waals surface area contributed by atoms with E-state index in [9.17, 15) is 8.42 Å². The van der Waals surface area contributed by atoms with Gasteiger partial charge in [-0.25, -0.2) is 0 Å². The van der Waals surface area contributed by atoms with Gasteiger partial charge < -0.3 is 4.74 Å². The van der Waals surface area contributed by atoms with Gasteiger partial charge >= 0.3 is 10.1 Å². The molecule has 38 heavy (non-hydrogen) atoms. The Balaban J connectivity index is 1.91. The van der Waals surface area contributed by atoms with Crippen LogP contribution in [0.25, 0.3) is 0 Å². The van der Waals surface area contributed by atoms with E-state index < -0.39 is 20.4 Å². The van der Waals surface area contributed by atoms with Gasteiger partial charge in [0.2, 0.25) is 0 Å². The molecule has 0 atom stereocenters. The molecule has 1 N–H and O–H groups in total.